The van der Waals surface area contributed by atoms with Gasteiger partial charge in [-0.3, -0.25) is 4.79 Å². The normalized spacial score (nSPS) is 10.4. The number of rotatable bonds is 2. The maximum Gasteiger partial charge on any atom is 0.280 e. The van der Waals surface area contributed by atoms with Crippen LogP contribution in [0.2, 0.25) is 5.02 Å². The van der Waals surface area contributed by atoms with Crippen LogP contribution in [0.5, 0.6) is 0 Å². The van der Waals surface area contributed by atoms with Gasteiger partial charge in [0.25, 0.3) is 5.56 Å². The zero-order chi connectivity index (χ0) is 11.5. The molecule has 0 amide bonds. The lowest BCUT2D eigenvalue weighted by atomic mass is 10.1. The third-order valence-electron chi connectivity index (χ3n) is 2.38. The van der Waals surface area contributed by atoms with Crippen LogP contribution in [0.1, 0.15) is 6.92 Å². The summed E-state index contributed by atoms with van der Waals surface area (Å²) in [4.78, 5) is 15.5. The van der Waals surface area contributed by atoms with E-state index in [1.807, 2.05) is 29.7 Å². The molecule has 0 aliphatic rings. The quantitative estimate of drug-likeness (QED) is 0.801. The van der Waals surface area contributed by atoms with Gasteiger partial charge in [0.05, 0.1) is 11.9 Å². The van der Waals surface area contributed by atoms with Crippen molar-refractivity contribution in [1.82, 2.24) is 9.55 Å². The molecule has 0 fully saturated rings. The van der Waals surface area contributed by atoms with Crippen LogP contribution >= 0.6 is 11.6 Å². The van der Waals surface area contributed by atoms with Crippen molar-refractivity contribution in [3.05, 3.63) is 52.2 Å². The van der Waals surface area contributed by atoms with Gasteiger partial charge < -0.3 is 4.57 Å². The first-order valence-corrected chi connectivity index (χ1v) is 5.41. The Balaban J connectivity index is 2.64. The van der Waals surface area contributed by atoms with Gasteiger partial charge in [0, 0.05) is 23.3 Å². The van der Waals surface area contributed by atoms with E-state index in [9.17, 15) is 4.79 Å². The molecule has 0 aliphatic carbocycles. The summed E-state index contributed by atoms with van der Waals surface area (Å²) in [6, 6.07) is 7.27. The van der Waals surface area contributed by atoms with E-state index in [0.29, 0.717) is 10.6 Å². The summed E-state index contributed by atoms with van der Waals surface area (Å²) >= 11 is 6.05. The summed E-state index contributed by atoms with van der Waals surface area (Å²) in [5.41, 5.74) is 1.01. The molecule has 1 heterocycles. The Hall–Kier alpha value is -1.61. The highest BCUT2D eigenvalue weighted by atomic mass is 35.5. The Labute approximate surface area is 98.3 Å². The highest BCUT2D eigenvalue weighted by Crippen LogP contribution is 2.24. The SMILES string of the molecule is CCn1cnc(=O)c(-c2ccccc2Cl)c1. The average molecular weight is 235 g/mol. The minimum Gasteiger partial charge on any atom is -0.338 e. The summed E-state index contributed by atoms with van der Waals surface area (Å²) in [5, 5.41) is 0.565. The summed E-state index contributed by atoms with van der Waals surface area (Å²) in [7, 11) is 0. The number of halogens is 1. The lowest BCUT2D eigenvalue weighted by molar-refractivity contribution is 0.731. The Bertz CT molecular complexity index is 563. The van der Waals surface area contributed by atoms with E-state index in [0.717, 1.165) is 12.1 Å². The van der Waals surface area contributed by atoms with Crippen molar-refractivity contribution < 1.29 is 0 Å². The highest BCUT2D eigenvalue weighted by molar-refractivity contribution is 6.33. The number of hydrogen-bond acceptors (Lipinski definition) is 2. The Morgan fingerprint density at radius 2 is 2.06 bits per heavy atom. The molecule has 82 valence electrons. The maximum atomic E-state index is 11.7. The molecule has 3 nitrogen and oxygen atoms in total. The first kappa shape index (κ1) is 10.9. The number of nitrogens with zero attached hydrogens (tertiary/aromatic N) is 2. The number of benzene rings is 1. The molecule has 0 atom stereocenters. The zero-order valence-corrected chi connectivity index (χ0v) is 9.61. The molecule has 0 unspecified atom stereocenters. The van der Waals surface area contributed by atoms with Crippen LogP contribution in [0.25, 0.3) is 11.1 Å². The molecule has 2 rings (SSSR count). The molecule has 0 aliphatic heterocycles. The molecule has 16 heavy (non-hydrogen) atoms. The van der Waals surface area contributed by atoms with E-state index in [1.54, 1.807) is 12.3 Å². The van der Waals surface area contributed by atoms with E-state index in [1.165, 1.54) is 6.33 Å². The van der Waals surface area contributed by atoms with Crippen LogP contribution in [0.15, 0.2) is 41.6 Å². The molecule has 1 aromatic carbocycles. The largest absolute Gasteiger partial charge is 0.338 e. The predicted molar refractivity (Wildman–Crippen MR) is 64.6 cm³/mol. The molecule has 0 saturated heterocycles. The monoisotopic (exact) mass is 234 g/mol. The summed E-state index contributed by atoms with van der Waals surface area (Å²) in [5.74, 6) is 0. The molecule has 2 aromatic rings. The first-order valence-electron chi connectivity index (χ1n) is 5.03. The molecule has 0 spiro atoms. The van der Waals surface area contributed by atoms with Crippen molar-refractivity contribution in [2.45, 2.75) is 13.5 Å². The number of aryl methyl sites for hydroxylation is 1. The predicted octanol–water partition coefficient (Wildman–Crippen LogP) is 2.58. The second kappa shape index (κ2) is 4.49. The minimum absolute atomic E-state index is 0.252. The van der Waals surface area contributed by atoms with Crippen molar-refractivity contribution >= 4 is 11.6 Å². The van der Waals surface area contributed by atoms with Crippen molar-refractivity contribution in [2.75, 3.05) is 0 Å². The standard InChI is InChI=1S/C12H11ClN2O/c1-2-15-7-10(12(16)14-8-15)9-5-3-4-6-11(9)13/h3-8H,2H2,1H3. The highest BCUT2D eigenvalue weighted by Gasteiger charge is 2.07. The second-order valence-electron chi connectivity index (χ2n) is 3.40. The third-order valence-corrected chi connectivity index (χ3v) is 2.71. The number of hydrogen-bond donors (Lipinski definition) is 0. The van der Waals surface area contributed by atoms with E-state index < -0.39 is 0 Å². The molecule has 0 radical (unpaired) electrons. The van der Waals surface area contributed by atoms with Gasteiger partial charge in [-0.2, -0.15) is 4.98 Å². The molecular weight excluding hydrogens is 224 g/mol. The Kier molecular flexibility index (Phi) is 3.06. The van der Waals surface area contributed by atoms with Gasteiger partial charge in [-0.25, -0.2) is 0 Å². The van der Waals surface area contributed by atoms with Gasteiger partial charge in [-0.05, 0) is 13.0 Å². The van der Waals surface area contributed by atoms with Crippen LogP contribution in [0, 0.1) is 0 Å². The average Bonchev–Trinajstić information content (AvgIpc) is 2.31. The Morgan fingerprint density at radius 3 is 2.75 bits per heavy atom. The van der Waals surface area contributed by atoms with Gasteiger partial charge in [0.2, 0.25) is 0 Å². The molecule has 1 aromatic heterocycles. The zero-order valence-electron chi connectivity index (χ0n) is 8.85. The molecule has 0 bridgehead atoms. The lowest BCUT2D eigenvalue weighted by Crippen LogP contribution is -2.13. The maximum absolute atomic E-state index is 11.7. The molecular formula is C12H11ClN2O. The lowest BCUT2D eigenvalue weighted by Gasteiger charge is -2.06. The van der Waals surface area contributed by atoms with E-state index >= 15 is 0 Å². The summed E-state index contributed by atoms with van der Waals surface area (Å²) in [6.45, 7) is 2.76. The minimum atomic E-state index is -0.252. The summed E-state index contributed by atoms with van der Waals surface area (Å²) < 4.78 is 1.85. The van der Waals surface area contributed by atoms with Crippen molar-refractivity contribution in [3.63, 3.8) is 0 Å². The van der Waals surface area contributed by atoms with Crippen LogP contribution < -0.4 is 5.56 Å². The van der Waals surface area contributed by atoms with Crippen molar-refractivity contribution in [1.29, 1.82) is 0 Å². The van der Waals surface area contributed by atoms with Crippen LogP contribution in [-0.4, -0.2) is 9.55 Å². The van der Waals surface area contributed by atoms with Crippen LogP contribution in [0.4, 0.5) is 0 Å². The molecule has 4 heteroatoms. The smallest absolute Gasteiger partial charge is 0.280 e. The second-order valence-corrected chi connectivity index (χ2v) is 3.81. The third kappa shape index (κ3) is 1.99. The van der Waals surface area contributed by atoms with Gasteiger partial charge in [-0.1, -0.05) is 29.8 Å². The Morgan fingerprint density at radius 1 is 1.31 bits per heavy atom. The van der Waals surface area contributed by atoms with Crippen molar-refractivity contribution in [3.8, 4) is 11.1 Å². The molecule has 0 saturated carbocycles. The van der Waals surface area contributed by atoms with Crippen LogP contribution in [0.3, 0.4) is 0 Å². The fraction of sp³-hybridized carbons (Fsp3) is 0.167. The van der Waals surface area contributed by atoms with E-state index in [4.69, 9.17) is 11.6 Å². The molecule has 0 N–H and O–H groups in total. The van der Waals surface area contributed by atoms with Gasteiger partial charge >= 0.3 is 0 Å². The fourth-order valence-electron chi connectivity index (χ4n) is 1.49. The van der Waals surface area contributed by atoms with Crippen LogP contribution in [-0.2, 0) is 6.54 Å². The van der Waals surface area contributed by atoms with Gasteiger partial charge in [0.15, 0.2) is 0 Å². The topological polar surface area (TPSA) is 34.9 Å². The van der Waals surface area contributed by atoms with Gasteiger partial charge in [0.1, 0.15) is 0 Å². The number of aromatic nitrogens is 2. The van der Waals surface area contributed by atoms with E-state index in [-0.39, 0.29) is 5.56 Å². The van der Waals surface area contributed by atoms with Crippen molar-refractivity contribution in [2.24, 2.45) is 0 Å². The van der Waals surface area contributed by atoms with E-state index in [2.05, 4.69) is 4.98 Å². The summed E-state index contributed by atoms with van der Waals surface area (Å²) in [6.07, 6.45) is 3.30. The van der Waals surface area contributed by atoms with Gasteiger partial charge in [-0.15, -0.1) is 0 Å². The first-order chi connectivity index (χ1) is 7.72. The fourth-order valence-corrected chi connectivity index (χ4v) is 1.73.